The maximum Gasteiger partial charge on any atom is 0.209 e. The van der Waals surface area contributed by atoms with Crippen molar-refractivity contribution in [2.75, 3.05) is 0 Å². The first-order valence-corrected chi connectivity index (χ1v) is 11.4. The molecule has 1 heterocycles. The van der Waals surface area contributed by atoms with E-state index in [2.05, 4.69) is 22.1 Å². The summed E-state index contributed by atoms with van der Waals surface area (Å²) in [4.78, 5) is 29.0. The monoisotopic (exact) mass is 393 g/mol. The summed E-state index contributed by atoms with van der Waals surface area (Å²) in [5, 5.41) is 7.05. The number of H-pyrrole nitrogens is 1. The summed E-state index contributed by atoms with van der Waals surface area (Å²) in [6.07, 6.45) is 13.5. The van der Waals surface area contributed by atoms with Gasteiger partial charge in [0.05, 0.1) is 0 Å². The van der Waals surface area contributed by atoms with Crippen molar-refractivity contribution in [1.82, 2.24) is 15.2 Å². The molecule has 0 radical (unpaired) electrons. The number of unbranched alkanes of at least 4 members (excludes halogenated alkanes) is 8. The van der Waals surface area contributed by atoms with E-state index >= 15 is 0 Å². The molecule has 2 rings (SSSR count). The summed E-state index contributed by atoms with van der Waals surface area (Å²) in [5.41, 5.74) is -0.217. The Morgan fingerprint density at radius 3 is 2.11 bits per heavy atom. The number of Topliss-reactive ketones (excluding diaryl/α,β-unsaturated/α-hetero) is 2. The molecule has 1 N–H and O–H groups in total. The Morgan fingerprint density at radius 2 is 1.52 bits per heavy atom. The van der Waals surface area contributed by atoms with Crippen molar-refractivity contribution < 1.29 is 9.59 Å². The van der Waals surface area contributed by atoms with Crippen LogP contribution in [-0.2, 0) is 16.0 Å². The Balaban J connectivity index is 1.65. The highest BCUT2D eigenvalue weighted by Gasteiger charge is 2.40. The highest BCUT2D eigenvalue weighted by atomic mass is 32.2. The maximum atomic E-state index is 12.3. The van der Waals surface area contributed by atoms with Gasteiger partial charge in [-0.05, 0) is 11.8 Å². The van der Waals surface area contributed by atoms with Crippen molar-refractivity contribution in [3.05, 3.63) is 5.82 Å². The number of hydrogen-bond donors (Lipinski definition) is 1. The molecule has 0 unspecified atom stereocenters. The molecule has 1 aromatic rings. The molecule has 1 saturated carbocycles. The minimum Gasteiger partial charge on any atom is -0.298 e. The van der Waals surface area contributed by atoms with Crippen LogP contribution in [0.25, 0.3) is 0 Å². The Hall–Kier alpha value is -1.17. The molecule has 0 spiro atoms. The van der Waals surface area contributed by atoms with E-state index in [1.807, 2.05) is 13.8 Å². The number of aromatic nitrogens is 3. The third-order valence-electron chi connectivity index (χ3n) is 5.14. The van der Waals surface area contributed by atoms with Gasteiger partial charge >= 0.3 is 0 Å². The van der Waals surface area contributed by atoms with Crippen molar-refractivity contribution in [3.8, 4) is 0 Å². The SMILES string of the molecule is CCCCCCCCCCCc1nc(SC2C(=O)CC(C)(C)CC2=O)n[nH]1. The second-order valence-corrected chi connectivity index (χ2v) is 9.66. The average molecular weight is 394 g/mol. The minimum atomic E-state index is -0.630. The second kappa shape index (κ2) is 11.0. The van der Waals surface area contributed by atoms with Crippen molar-refractivity contribution in [2.24, 2.45) is 5.41 Å². The molecule has 0 atom stereocenters. The second-order valence-electron chi connectivity index (χ2n) is 8.59. The van der Waals surface area contributed by atoms with Gasteiger partial charge in [-0.1, -0.05) is 83.9 Å². The zero-order valence-electron chi connectivity index (χ0n) is 17.2. The zero-order valence-corrected chi connectivity index (χ0v) is 18.0. The molecule has 6 heteroatoms. The third kappa shape index (κ3) is 7.76. The molecule has 0 amide bonds. The zero-order chi connectivity index (χ0) is 19.7. The summed E-state index contributed by atoms with van der Waals surface area (Å²) in [6, 6.07) is 0. The number of nitrogens with one attached hydrogen (secondary N) is 1. The predicted octanol–water partition coefficient (Wildman–Crippen LogP) is 5.30. The van der Waals surface area contributed by atoms with Crippen molar-refractivity contribution >= 4 is 23.3 Å². The van der Waals surface area contributed by atoms with Crippen LogP contribution in [0.15, 0.2) is 5.16 Å². The molecule has 27 heavy (non-hydrogen) atoms. The molecule has 1 aliphatic rings. The molecule has 0 aromatic carbocycles. The van der Waals surface area contributed by atoms with Gasteiger partial charge in [-0.3, -0.25) is 14.7 Å². The first-order chi connectivity index (χ1) is 12.9. The van der Waals surface area contributed by atoms with Crippen molar-refractivity contribution in [3.63, 3.8) is 0 Å². The molecule has 1 aromatic heterocycles. The number of aromatic amines is 1. The van der Waals surface area contributed by atoms with Gasteiger partial charge in [0.2, 0.25) is 5.16 Å². The topological polar surface area (TPSA) is 75.7 Å². The Morgan fingerprint density at radius 1 is 0.963 bits per heavy atom. The fourth-order valence-electron chi connectivity index (χ4n) is 3.65. The van der Waals surface area contributed by atoms with Crippen LogP contribution in [0.1, 0.15) is 97.2 Å². The third-order valence-corrected chi connectivity index (χ3v) is 6.30. The molecule has 1 fully saturated rings. The molecular formula is C21H35N3O2S. The van der Waals surface area contributed by atoms with Crippen LogP contribution in [0.5, 0.6) is 0 Å². The number of nitrogens with zero attached hydrogens (tertiary/aromatic N) is 2. The van der Waals surface area contributed by atoms with Crippen LogP contribution in [0.2, 0.25) is 0 Å². The average Bonchev–Trinajstić information content (AvgIpc) is 3.03. The predicted molar refractivity (Wildman–Crippen MR) is 110 cm³/mol. The Bertz CT molecular complexity index is 592. The van der Waals surface area contributed by atoms with E-state index in [0.717, 1.165) is 18.7 Å². The number of hydrogen-bond acceptors (Lipinski definition) is 5. The van der Waals surface area contributed by atoms with Crippen LogP contribution in [0, 0.1) is 5.41 Å². The van der Waals surface area contributed by atoms with Crippen LogP contribution in [0.3, 0.4) is 0 Å². The van der Waals surface area contributed by atoms with Gasteiger partial charge in [-0.25, -0.2) is 4.98 Å². The minimum absolute atomic E-state index is 0.00605. The summed E-state index contributed by atoms with van der Waals surface area (Å²) in [5.74, 6) is 0.870. The van der Waals surface area contributed by atoms with Crippen LogP contribution in [0.4, 0.5) is 0 Å². The lowest BCUT2D eigenvalue weighted by atomic mass is 9.76. The van der Waals surface area contributed by atoms with Gasteiger partial charge in [-0.15, -0.1) is 5.10 Å². The van der Waals surface area contributed by atoms with Crippen LogP contribution < -0.4 is 0 Å². The maximum absolute atomic E-state index is 12.3. The van der Waals surface area contributed by atoms with Crippen molar-refractivity contribution in [1.29, 1.82) is 0 Å². The summed E-state index contributed by atoms with van der Waals surface area (Å²) in [7, 11) is 0. The lowest BCUT2D eigenvalue weighted by Gasteiger charge is -2.31. The number of carbonyl (C=O) groups is 2. The van der Waals surface area contributed by atoms with E-state index in [4.69, 9.17) is 0 Å². The van der Waals surface area contributed by atoms with Crippen LogP contribution >= 0.6 is 11.8 Å². The largest absolute Gasteiger partial charge is 0.298 e. The van der Waals surface area contributed by atoms with Gasteiger partial charge in [0.15, 0.2) is 11.6 Å². The number of ketones is 2. The van der Waals surface area contributed by atoms with Crippen molar-refractivity contribution in [2.45, 2.75) is 108 Å². The molecule has 1 aliphatic carbocycles. The van der Waals surface area contributed by atoms with Gasteiger partial charge in [0.25, 0.3) is 0 Å². The van der Waals surface area contributed by atoms with E-state index in [9.17, 15) is 9.59 Å². The fourth-order valence-corrected chi connectivity index (χ4v) is 4.55. The molecule has 0 bridgehead atoms. The number of thioether (sulfide) groups is 1. The van der Waals surface area contributed by atoms with Gasteiger partial charge in [-0.2, -0.15) is 0 Å². The Labute approximate surface area is 167 Å². The number of carbonyl (C=O) groups excluding carboxylic acids is 2. The Kier molecular flexibility index (Phi) is 9.00. The lowest BCUT2D eigenvalue weighted by molar-refractivity contribution is -0.132. The van der Waals surface area contributed by atoms with E-state index in [1.54, 1.807) is 0 Å². The summed E-state index contributed by atoms with van der Waals surface area (Å²) >= 11 is 1.21. The highest BCUT2D eigenvalue weighted by Crippen LogP contribution is 2.37. The summed E-state index contributed by atoms with van der Waals surface area (Å²) in [6.45, 7) is 6.19. The van der Waals surface area contributed by atoms with E-state index in [-0.39, 0.29) is 17.0 Å². The smallest absolute Gasteiger partial charge is 0.209 e. The first kappa shape index (κ1) is 22.1. The summed E-state index contributed by atoms with van der Waals surface area (Å²) < 4.78 is 0. The lowest BCUT2D eigenvalue weighted by Crippen LogP contribution is -2.39. The van der Waals surface area contributed by atoms with Crippen LogP contribution in [-0.4, -0.2) is 32.0 Å². The normalized spacial score (nSPS) is 17.6. The highest BCUT2D eigenvalue weighted by molar-refractivity contribution is 8.01. The molecule has 0 aliphatic heterocycles. The van der Waals surface area contributed by atoms with Gasteiger partial charge in [0, 0.05) is 19.3 Å². The fraction of sp³-hybridized carbons (Fsp3) is 0.810. The number of rotatable bonds is 12. The standard InChI is InChI=1S/C21H35N3O2S/c1-4-5-6-7-8-9-10-11-12-13-18-22-20(24-23-18)27-19-16(25)14-21(2,3)15-17(19)26/h19H,4-15H2,1-3H3,(H,22,23,24). The molecule has 0 saturated heterocycles. The number of aryl methyl sites for hydroxylation is 1. The van der Waals surface area contributed by atoms with E-state index < -0.39 is 5.25 Å². The van der Waals surface area contributed by atoms with Gasteiger partial charge in [0.1, 0.15) is 11.1 Å². The molecule has 5 nitrogen and oxygen atoms in total. The molecular weight excluding hydrogens is 358 g/mol. The quantitative estimate of drug-likeness (QED) is 0.385. The molecule has 152 valence electrons. The first-order valence-electron chi connectivity index (χ1n) is 10.5. The van der Waals surface area contributed by atoms with E-state index in [0.29, 0.717) is 18.0 Å². The van der Waals surface area contributed by atoms with E-state index in [1.165, 1.54) is 63.1 Å². The van der Waals surface area contributed by atoms with Gasteiger partial charge < -0.3 is 0 Å².